The largest absolute Gasteiger partial charge is 0.493 e. The van der Waals surface area contributed by atoms with Crippen LogP contribution in [0, 0.1) is 0 Å². The van der Waals surface area contributed by atoms with Gasteiger partial charge in [-0.15, -0.1) is 0 Å². The Morgan fingerprint density at radius 3 is 1.32 bits per heavy atom. The van der Waals surface area contributed by atoms with Crippen molar-refractivity contribution in [1.29, 1.82) is 0 Å². The molecule has 0 radical (unpaired) electrons. The summed E-state index contributed by atoms with van der Waals surface area (Å²) in [6.07, 6.45) is 8.26. The predicted molar refractivity (Wildman–Crippen MR) is 196 cm³/mol. The van der Waals surface area contributed by atoms with Crippen LogP contribution in [0.5, 0.6) is 23.0 Å². The third kappa shape index (κ3) is 10.4. The fourth-order valence-corrected chi connectivity index (χ4v) is 5.09. The molecule has 0 aliphatic carbocycles. The molecule has 0 unspecified atom stereocenters. The summed E-state index contributed by atoms with van der Waals surface area (Å²) in [4.78, 5) is 7.40. The van der Waals surface area contributed by atoms with Gasteiger partial charge in [0.2, 0.25) is 0 Å². The second-order valence-corrected chi connectivity index (χ2v) is 12.2. The monoisotopic (exact) mass is 638 g/mol. The molecule has 6 nitrogen and oxygen atoms in total. The molecule has 47 heavy (non-hydrogen) atoms. The second-order valence-electron chi connectivity index (χ2n) is 12.2. The maximum atomic E-state index is 6.40. The number of nitrogens with zero attached hydrogens (tertiary/aromatic N) is 2. The number of benzene rings is 3. The number of anilines is 1. The molecule has 1 heterocycles. The first-order chi connectivity index (χ1) is 23.0. The highest BCUT2D eigenvalue weighted by molar-refractivity contribution is 5.81. The second kappa shape index (κ2) is 18.8. The number of aromatic nitrogens is 1. The normalized spacial score (nSPS) is 10.9. The molecule has 0 saturated carbocycles. The highest BCUT2D eigenvalue weighted by Crippen LogP contribution is 2.40. The lowest BCUT2D eigenvalue weighted by Gasteiger charge is -2.18. The Bertz CT molecular complexity index is 1430. The van der Waals surface area contributed by atoms with Crippen molar-refractivity contribution in [3.05, 3.63) is 72.8 Å². The van der Waals surface area contributed by atoms with E-state index in [1.54, 1.807) is 0 Å². The summed E-state index contributed by atoms with van der Waals surface area (Å²) < 4.78 is 24.9. The molecular weight excluding hydrogens is 584 g/mol. The van der Waals surface area contributed by atoms with Gasteiger partial charge in [-0.05, 0) is 85.3 Å². The van der Waals surface area contributed by atoms with Gasteiger partial charge < -0.3 is 23.8 Å². The minimum absolute atomic E-state index is 0.634. The smallest absolute Gasteiger partial charge is 0.132 e. The molecule has 4 aromatic rings. The molecule has 4 rings (SSSR count). The topological polar surface area (TPSA) is 53.1 Å². The van der Waals surface area contributed by atoms with E-state index in [4.69, 9.17) is 23.9 Å². The minimum atomic E-state index is 0.634. The van der Waals surface area contributed by atoms with E-state index >= 15 is 0 Å². The molecule has 0 aliphatic heterocycles. The van der Waals surface area contributed by atoms with Gasteiger partial charge in [0, 0.05) is 43.0 Å². The highest BCUT2D eigenvalue weighted by atomic mass is 16.5. The number of hydrogen-bond donors (Lipinski definition) is 0. The van der Waals surface area contributed by atoms with Crippen LogP contribution in [-0.2, 0) is 0 Å². The zero-order valence-electron chi connectivity index (χ0n) is 29.4. The predicted octanol–water partition coefficient (Wildman–Crippen LogP) is 10.9. The third-order valence-electron chi connectivity index (χ3n) is 8.04. The molecule has 252 valence electrons. The van der Waals surface area contributed by atoms with Crippen LogP contribution in [0.4, 0.5) is 5.69 Å². The van der Waals surface area contributed by atoms with Gasteiger partial charge in [0.1, 0.15) is 23.0 Å². The number of rotatable bonds is 20. The molecule has 0 spiro atoms. The van der Waals surface area contributed by atoms with Gasteiger partial charge in [0.25, 0.3) is 0 Å². The summed E-state index contributed by atoms with van der Waals surface area (Å²) in [7, 11) is 4.12. The number of unbranched alkanes of at least 4 members (excludes halogenated alkanes) is 4. The van der Waals surface area contributed by atoms with Crippen molar-refractivity contribution in [1.82, 2.24) is 4.98 Å². The first-order valence-electron chi connectivity index (χ1n) is 17.6. The Kier molecular flexibility index (Phi) is 14.3. The average Bonchev–Trinajstić information content (AvgIpc) is 3.09. The van der Waals surface area contributed by atoms with Crippen LogP contribution in [0.3, 0.4) is 0 Å². The van der Waals surface area contributed by atoms with Gasteiger partial charge >= 0.3 is 0 Å². The lowest BCUT2D eigenvalue weighted by atomic mass is 9.99. The minimum Gasteiger partial charge on any atom is -0.493 e. The highest BCUT2D eigenvalue weighted by Gasteiger charge is 2.17. The molecule has 0 aliphatic rings. The molecule has 0 bridgehead atoms. The summed E-state index contributed by atoms with van der Waals surface area (Å²) >= 11 is 0. The van der Waals surface area contributed by atoms with Crippen LogP contribution in [0.1, 0.15) is 79.1 Å². The van der Waals surface area contributed by atoms with Crippen LogP contribution in [0.2, 0.25) is 0 Å². The van der Waals surface area contributed by atoms with Crippen molar-refractivity contribution in [2.24, 2.45) is 0 Å². The van der Waals surface area contributed by atoms with E-state index in [1.807, 2.05) is 24.3 Å². The van der Waals surface area contributed by atoms with Gasteiger partial charge in [-0.25, -0.2) is 4.98 Å². The van der Waals surface area contributed by atoms with Crippen LogP contribution >= 0.6 is 0 Å². The number of hydrogen-bond acceptors (Lipinski definition) is 6. The fourth-order valence-electron chi connectivity index (χ4n) is 5.09. The summed E-state index contributed by atoms with van der Waals surface area (Å²) in [5.74, 6) is 3.19. The SMILES string of the molecule is CCCCOc1ccc(-c2cc(-c3ccc(N(C)C)cc3)cc(-c3ccc(OCCCC)cc3OCCCC)n2)c(OCCCC)c1. The van der Waals surface area contributed by atoms with Gasteiger partial charge in [-0.2, -0.15) is 0 Å². The van der Waals surface area contributed by atoms with E-state index in [-0.39, 0.29) is 0 Å². The summed E-state index contributed by atoms with van der Waals surface area (Å²) in [5.41, 5.74) is 6.88. The Morgan fingerprint density at radius 1 is 0.489 bits per heavy atom. The molecule has 0 saturated heterocycles. The molecule has 0 atom stereocenters. The van der Waals surface area contributed by atoms with E-state index in [1.165, 1.54) is 0 Å². The van der Waals surface area contributed by atoms with E-state index < -0.39 is 0 Å². The van der Waals surface area contributed by atoms with E-state index in [0.29, 0.717) is 26.4 Å². The van der Waals surface area contributed by atoms with Crippen LogP contribution in [0.25, 0.3) is 33.6 Å². The average molecular weight is 639 g/mol. The van der Waals surface area contributed by atoms with Crippen molar-refractivity contribution in [2.75, 3.05) is 45.4 Å². The summed E-state index contributed by atoms with van der Waals surface area (Å²) in [6, 6.07) is 25.2. The molecule has 0 fully saturated rings. The standard InChI is InChI=1S/C41H54N2O4/c1-7-11-23-44-34-19-21-36(40(29-34)46-25-13-9-3)38-27-32(31-15-17-33(18-16-31)43(5)6)28-39(42-38)37-22-20-35(45-24-12-8-2)30-41(37)47-26-14-10-4/h15-22,27-30H,7-14,23-26H2,1-6H3. The zero-order valence-corrected chi connectivity index (χ0v) is 29.4. The molecule has 1 aromatic heterocycles. The Hall–Kier alpha value is -4.19. The zero-order chi connectivity index (χ0) is 33.4. The van der Waals surface area contributed by atoms with Gasteiger partial charge in [0.05, 0.1) is 37.8 Å². The maximum Gasteiger partial charge on any atom is 0.132 e. The van der Waals surface area contributed by atoms with Gasteiger partial charge in [-0.1, -0.05) is 65.5 Å². The van der Waals surface area contributed by atoms with Crippen molar-refractivity contribution in [3.63, 3.8) is 0 Å². The van der Waals surface area contributed by atoms with Crippen molar-refractivity contribution in [2.45, 2.75) is 79.1 Å². The van der Waals surface area contributed by atoms with Crippen molar-refractivity contribution < 1.29 is 18.9 Å². The van der Waals surface area contributed by atoms with E-state index in [0.717, 1.165) is 114 Å². The van der Waals surface area contributed by atoms with Crippen LogP contribution in [0.15, 0.2) is 72.8 Å². The van der Waals surface area contributed by atoms with E-state index in [2.05, 4.69) is 95.2 Å². The first-order valence-corrected chi connectivity index (χ1v) is 17.6. The Balaban J connectivity index is 1.86. The first kappa shape index (κ1) is 35.7. The Labute approximate surface area is 283 Å². The molecule has 0 amide bonds. The third-order valence-corrected chi connectivity index (χ3v) is 8.04. The molecule has 3 aromatic carbocycles. The molecule has 0 N–H and O–H groups in total. The summed E-state index contributed by atoms with van der Waals surface area (Å²) in [5, 5.41) is 0. The van der Waals surface area contributed by atoms with Crippen LogP contribution < -0.4 is 23.8 Å². The lowest BCUT2D eigenvalue weighted by molar-refractivity contribution is 0.295. The van der Waals surface area contributed by atoms with Gasteiger partial charge in [0.15, 0.2) is 0 Å². The Morgan fingerprint density at radius 2 is 0.915 bits per heavy atom. The quantitative estimate of drug-likeness (QED) is 0.0898. The maximum absolute atomic E-state index is 6.40. The van der Waals surface area contributed by atoms with Crippen molar-refractivity contribution in [3.8, 4) is 56.6 Å². The molecular formula is C41H54N2O4. The van der Waals surface area contributed by atoms with Crippen LogP contribution in [-0.4, -0.2) is 45.5 Å². The lowest BCUT2D eigenvalue weighted by Crippen LogP contribution is -2.07. The fraction of sp³-hybridized carbons (Fsp3) is 0.439. The number of ether oxygens (including phenoxy) is 4. The van der Waals surface area contributed by atoms with E-state index in [9.17, 15) is 0 Å². The van der Waals surface area contributed by atoms with Crippen molar-refractivity contribution >= 4 is 5.69 Å². The van der Waals surface area contributed by atoms with Gasteiger partial charge in [-0.3, -0.25) is 0 Å². The summed E-state index contributed by atoms with van der Waals surface area (Å²) in [6.45, 7) is 11.3. The number of pyridine rings is 1. The molecule has 6 heteroatoms.